The number of hydrogen-bond donors (Lipinski definition) is 2. The number of thioether (sulfide) groups is 1. The zero-order chi connectivity index (χ0) is 20.8. The zero-order valence-electron chi connectivity index (χ0n) is 16.7. The van der Waals surface area contributed by atoms with Crippen LogP contribution in [0.3, 0.4) is 0 Å². The highest BCUT2D eigenvalue weighted by Gasteiger charge is 2.16. The number of amides is 2. The average Bonchev–Trinajstić information content (AvgIpc) is 2.70. The number of carbonyl (C=O) groups excluding carboxylic acids is 2. The van der Waals surface area contributed by atoms with Gasteiger partial charge in [0, 0.05) is 21.8 Å². The Morgan fingerprint density at radius 1 is 0.828 bits per heavy atom. The molecular formula is C24H24N2O2S. The van der Waals surface area contributed by atoms with Gasteiger partial charge in [0.1, 0.15) is 0 Å². The maximum atomic E-state index is 12.6. The Balaban J connectivity index is 1.65. The molecule has 0 fully saturated rings. The van der Waals surface area contributed by atoms with Crippen LogP contribution in [0.15, 0.2) is 77.7 Å². The summed E-state index contributed by atoms with van der Waals surface area (Å²) in [6.07, 6.45) is 0. The molecule has 0 aliphatic rings. The van der Waals surface area contributed by atoms with Gasteiger partial charge >= 0.3 is 0 Å². The fraction of sp³-hybridized carbons (Fsp3) is 0.167. The van der Waals surface area contributed by atoms with Crippen molar-refractivity contribution in [2.24, 2.45) is 0 Å². The molecule has 0 spiro atoms. The smallest absolute Gasteiger partial charge is 0.255 e. The van der Waals surface area contributed by atoms with E-state index in [1.165, 1.54) is 11.8 Å². The van der Waals surface area contributed by atoms with Crippen LogP contribution in [-0.4, -0.2) is 17.1 Å². The van der Waals surface area contributed by atoms with Crippen molar-refractivity contribution in [3.05, 3.63) is 89.5 Å². The van der Waals surface area contributed by atoms with Gasteiger partial charge in [0.25, 0.3) is 5.91 Å². The fourth-order valence-electron chi connectivity index (χ4n) is 2.88. The van der Waals surface area contributed by atoms with Gasteiger partial charge in [0.2, 0.25) is 5.91 Å². The largest absolute Gasteiger partial charge is 0.325 e. The molecule has 3 aromatic carbocycles. The van der Waals surface area contributed by atoms with E-state index in [1.807, 2.05) is 87.5 Å². The molecule has 148 valence electrons. The molecule has 4 nitrogen and oxygen atoms in total. The van der Waals surface area contributed by atoms with Crippen LogP contribution < -0.4 is 10.6 Å². The van der Waals surface area contributed by atoms with Crippen molar-refractivity contribution in [1.82, 2.24) is 0 Å². The maximum absolute atomic E-state index is 12.6. The van der Waals surface area contributed by atoms with Crippen molar-refractivity contribution in [3.8, 4) is 0 Å². The molecule has 0 bridgehead atoms. The molecule has 1 atom stereocenters. The molecule has 2 N–H and O–H groups in total. The van der Waals surface area contributed by atoms with Crippen LogP contribution in [0.2, 0.25) is 0 Å². The number of nitrogens with one attached hydrogen (secondary N) is 2. The van der Waals surface area contributed by atoms with E-state index in [2.05, 4.69) is 10.6 Å². The lowest BCUT2D eigenvalue weighted by atomic mass is 10.1. The predicted octanol–water partition coefficient (Wildman–Crippen LogP) is 5.68. The van der Waals surface area contributed by atoms with Gasteiger partial charge in [0.05, 0.1) is 5.25 Å². The second kappa shape index (κ2) is 9.43. The minimum Gasteiger partial charge on any atom is -0.325 e. The first-order valence-electron chi connectivity index (χ1n) is 9.44. The summed E-state index contributed by atoms with van der Waals surface area (Å²) in [7, 11) is 0. The van der Waals surface area contributed by atoms with E-state index >= 15 is 0 Å². The first-order chi connectivity index (χ1) is 13.9. The van der Waals surface area contributed by atoms with Crippen LogP contribution >= 0.6 is 11.8 Å². The standard InChI is InChI=1S/C24H24N2O2S/c1-16-9-4-6-13-21(16)24(28)25-19-11-8-12-20(15-19)29-18(3)23(27)26-22-14-7-5-10-17(22)2/h4-15,18H,1-3H3,(H,25,28)(H,26,27). The van der Waals surface area contributed by atoms with E-state index < -0.39 is 0 Å². The first-order valence-corrected chi connectivity index (χ1v) is 10.3. The molecule has 0 aromatic heterocycles. The number of hydrogen-bond acceptors (Lipinski definition) is 3. The summed E-state index contributed by atoms with van der Waals surface area (Å²) in [5.74, 6) is -0.200. The first kappa shape index (κ1) is 20.7. The van der Waals surface area contributed by atoms with Crippen molar-refractivity contribution in [3.63, 3.8) is 0 Å². The summed E-state index contributed by atoms with van der Waals surface area (Å²) in [4.78, 5) is 26.0. The lowest BCUT2D eigenvalue weighted by Crippen LogP contribution is -2.22. The van der Waals surface area contributed by atoms with Crippen LogP contribution in [0.4, 0.5) is 11.4 Å². The van der Waals surface area contributed by atoms with Crippen molar-refractivity contribution >= 4 is 35.0 Å². The lowest BCUT2D eigenvalue weighted by Gasteiger charge is -2.14. The Labute approximate surface area is 175 Å². The molecule has 29 heavy (non-hydrogen) atoms. The summed E-state index contributed by atoms with van der Waals surface area (Å²) in [6, 6.07) is 22.7. The maximum Gasteiger partial charge on any atom is 0.255 e. The van der Waals surface area contributed by atoms with Gasteiger partial charge in [-0.25, -0.2) is 0 Å². The minimum atomic E-state index is -0.281. The molecule has 1 unspecified atom stereocenters. The summed E-state index contributed by atoms with van der Waals surface area (Å²) in [5.41, 5.74) is 4.13. The van der Waals surface area contributed by atoms with Crippen LogP contribution in [0.25, 0.3) is 0 Å². The lowest BCUT2D eigenvalue weighted by molar-refractivity contribution is -0.115. The SMILES string of the molecule is Cc1ccccc1NC(=O)C(C)Sc1cccc(NC(=O)c2ccccc2C)c1. The van der Waals surface area contributed by atoms with Crippen LogP contribution in [0, 0.1) is 13.8 Å². The molecule has 0 aliphatic heterocycles. The third-order valence-corrected chi connectivity index (χ3v) is 5.66. The van der Waals surface area contributed by atoms with Crippen molar-refractivity contribution < 1.29 is 9.59 Å². The highest BCUT2D eigenvalue weighted by molar-refractivity contribution is 8.00. The van der Waals surface area contributed by atoms with Gasteiger partial charge in [-0.2, -0.15) is 0 Å². The van der Waals surface area contributed by atoms with Gasteiger partial charge in [-0.15, -0.1) is 11.8 Å². The van der Waals surface area contributed by atoms with E-state index in [0.29, 0.717) is 11.3 Å². The van der Waals surface area contributed by atoms with Crippen molar-refractivity contribution in [1.29, 1.82) is 0 Å². The van der Waals surface area contributed by atoms with E-state index in [-0.39, 0.29) is 17.1 Å². The van der Waals surface area contributed by atoms with E-state index in [4.69, 9.17) is 0 Å². The van der Waals surface area contributed by atoms with Crippen molar-refractivity contribution in [2.45, 2.75) is 30.9 Å². The molecule has 3 aromatic rings. The van der Waals surface area contributed by atoms with Crippen LogP contribution in [-0.2, 0) is 4.79 Å². The molecule has 0 heterocycles. The van der Waals surface area contributed by atoms with E-state index in [1.54, 1.807) is 6.07 Å². The van der Waals surface area contributed by atoms with Crippen LogP contribution in [0.5, 0.6) is 0 Å². The summed E-state index contributed by atoms with van der Waals surface area (Å²) in [5, 5.41) is 5.63. The molecular weight excluding hydrogens is 380 g/mol. The van der Waals surface area contributed by atoms with Gasteiger partial charge in [-0.1, -0.05) is 42.5 Å². The molecule has 0 radical (unpaired) electrons. The topological polar surface area (TPSA) is 58.2 Å². The molecule has 2 amide bonds. The van der Waals surface area contributed by atoms with E-state index in [0.717, 1.165) is 21.7 Å². The third kappa shape index (κ3) is 5.48. The number of rotatable bonds is 6. The highest BCUT2D eigenvalue weighted by atomic mass is 32.2. The Morgan fingerprint density at radius 2 is 1.52 bits per heavy atom. The third-order valence-electron chi connectivity index (χ3n) is 4.57. The molecule has 3 rings (SSSR count). The zero-order valence-corrected chi connectivity index (χ0v) is 17.5. The number of para-hydroxylation sites is 1. The van der Waals surface area contributed by atoms with Gasteiger partial charge in [-0.05, 0) is 62.2 Å². The number of anilines is 2. The minimum absolute atomic E-state index is 0.0568. The van der Waals surface area contributed by atoms with Gasteiger partial charge in [0.15, 0.2) is 0 Å². The Kier molecular flexibility index (Phi) is 6.73. The molecule has 0 aliphatic carbocycles. The fourth-order valence-corrected chi connectivity index (χ4v) is 3.80. The average molecular weight is 405 g/mol. The molecule has 0 saturated heterocycles. The van der Waals surface area contributed by atoms with Gasteiger partial charge < -0.3 is 10.6 Å². The monoisotopic (exact) mass is 404 g/mol. The number of benzene rings is 3. The molecule has 0 saturated carbocycles. The Bertz CT molecular complexity index is 1030. The summed E-state index contributed by atoms with van der Waals surface area (Å²) >= 11 is 1.45. The van der Waals surface area contributed by atoms with Gasteiger partial charge in [-0.3, -0.25) is 9.59 Å². The van der Waals surface area contributed by atoms with E-state index in [9.17, 15) is 9.59 Å². The molecule has 5 heteroatoms. The van der Waals surface area contributed by atoms with Crippen molar-refractivity contribution in [2.75, 3.05) is 10.6 Å². The highest BCUT2D eigenvalue weighted by Crippen LogP contribution is 2.27. The number of aryl methyl sites for hydroxylation is 2. The Hall–Kier alpha value is -3.05. The quantitative estimate of drug-likeness (QED) is 0.520. The summed E-state index contributed by atoms with van der Waals surface area (Å²) in [6.45, 7) is 5.75. The normalized spacial score (nSPS) is 11.6. The number of carbonyl (C=O) groups is 2. The predicted molar refractivity (Wildman–Crippen MR) is 121 cm³/mol. The second-order valence-corrected chi connectivity index (χ2v) is 8.28. The van der Waals surface area contributed by atoms with Crippen LogP contribution in [0.1, 0.15) is 28.4 Å². The second-order valence-electron chi connectivity index (χ2n) is 6.86. The summed E-state index contributed by atoms with van der Waals surface area (Å²) < 4.78 is 0. The Morgan fingerprint density at radius 3 is 2.24 bits per heavy atom.